The Hall–Kier alpha value is -1.32. The zero-order valence-electron chi connectivity index (χ0n) is 10.8. The van der Waals surface area contributed by atoms with Crippen molar-refractivity contribution in [1.29, 1.82) is 0 Å². The van der Waals surface area contributed by atoms with Crippen LogP contribution in [0.3, 0.4) is 0 Å². The van der Waals surface area contributed by atoms with Crippen molar-refractivity contribution >= 4 is 11.3 Å². The number of nitrogens with one attached hydrogen (secondary N) is 1. The summed E-state index contributed by atoms with van der Waals surface area (Å²) in [4.78, 5) is 1.37. The van der Waals surface area contributed by atoms with Gasteiger partial charge in [-0.15, -0.1) is 11.3 Å². The topological polar surface area (TPSA) is 32.3 Å². The summed E-state index contributed by atoms with van der Waals surface area (Å²) in [5.74, 6) is 0.868. The van der Waals surface area contributed by atoms with Crippen LogP contribution in [0, 0.1) is 5.92 Å². The third kappa shape index (κ3) is 3.34. The Kier molecular flexibility index (Phi) is 4.39. The second kappa shape index (κ2) is 6.03. The first-order valence-corrected chi connectivity index (χ1v) is 7.09. The third-order valence-electron chi connectivity index (χ3n) is 2.95. The van der Waals surface area contributed by atoms with Gasteiger partial charge >= 0.3 is 0 Å². The fraction of sp³-hybridized carbons (Fsp3) is 0.333. The second-order valence-electron chi connectivity index (χ2n) is 4.79. The predicted molar refractivity (Wildman–Crippen MR) is 76.8 cm³/mol. The molecule has 0 aliphatic heterocycles. The quantitative estimate of drug-likeness (QED) is 0.854. The molecule has 0 aliphatic carbocycles. The largest absolute Gasteiger partial charge is 0.508 e. The van der Waals surface area contributed by atoms with Gasteiger partial charge in [-0.1, -0.05) is 32.0 Å². The van der Waals surface area contributed by atoms with E-state index in [2.05, 4.69) is 36.7 Å². The van der Waals surface area contributed by atoms with Crippen molar-refractivity contribution in [2.24, 2.45) is 5.92 Å². The molecule has 1 aromatic carbocycles. The number of phenolic OH excluding ortho intramolecular Hbond substituents is 1. The zero-order chi connectivity index (χ0) is 13.0. The van der Waals surface area contributed by atoms with Crippen LogP contribution in [0.15, 0.2) is 41.8 Å². The van der Waals surface area contributed by atoms with Crippen LogP contribution >= 0.6 is 11.3 Å². The number of hydrogen-bond acceptors (Lipinski definition) is 3. The lowest BCUT2D eigenvalue weighted by Gasteiger charge is -2.21. The van der Waals surface area contributed by atoms with Crippen LogP contribution in [-0.2, 0) is 6.54 Å². The molecule has 1 unspecified atom stereocenters. The molecule has 0 aliphatic rings. The molecule has 3 heteroatoms. The number of aromatic hydroxyl groups is 1. The molecule has 0 bridgehead atoms. The van der Waals surface area contributed by atoms with Gasteiger partial charge in [-0.2, -0.15) is 0 Å². The Morgan fingerprint density at radius 2 is 2.06 bits per heavy atom. The SMILES string of the molecule is CC(C)C(NCc1cccc(O)c1)c1cccs1. The Balaban J connectivity index is 2.03. The predicted octanol–water partition coefficient (Wildman–Crippen LogP) is 3.94. The van der Waals surface area contributed by atoms with Gasteiger partial charge in [0.1, 0.15) is 5.75 Å². The van der Waals surface area contributed by atoms with Gasteiger partial charge in [0.15, 0.2) is 0 Å². The van der Waals surface area contributed by atoms with Gasteiger partial charge in [0.2, 0.25) is 0 Å². The highest BCUT2D eigenvalue weighted by molar-refractivity contribution is 7.10. The molecular weight excluding hydrogens is 242 g/mol. The van der Waals surface area contributed by atoms with E-state index in [9.17, 15) is 5.11 Å². The van der Waals surface area contributed by atoms with Gasteiger partial charge in [-0.3, -0.25) is 0 Å². The highest BCUT2D eigenvalue weighted by atomic mass is 32.1. The van der Waals surface area contributed by atoms with Crippen LogP contribution in [0.2, 0.25) is 0 Å². The van der Waals surface area contributed by atoms with Crippen molar-refractivity contribution in [2.75, 3.05) is 0 Å². The lowest BCUT2D eigenvalue weighted by Crippen LogP contribution is -2.24. The van der Waals surface area contributed by atoms with E-state index in [0.29, 0.717) is 17.7 Å². The maximum atomic E-state index is 9.45. The van der Waals surface area contributed by atoms with Crippen molar-refractivity contribution in [1.82, 2.24) is 5.32 Å². The van der Waals surface area contributed by atoms with Crippen LogP contribution in [0.4, 0.5) is 0 Å². The van der Waals surface area contributed by atoms with Gasteiger partial charge in [-0.05, 0) is 35.1 Å². The lowest BCUT2D eigenvalue weighted by molar-refractivity contribution is 0.415. The fourth-order valence-electron chi connectivity index (χ4n) is 2.03. The minimum absolute atomic E-state index is 0.325. The smallest absolute Gasteiger partial charge is 0.115 e. The van der Waals surface area contributed by atoms with Gasteiger partial charge < -0.3 is 10.4 Å². The maximum absolute atomic E-state index is 9.45. The van der Waals surface area contributed by atoms with Gasteiger partial charge in [0, 0.05) is 17.5 Å². The highest BCUT2D eigenvalue weighted by Crippen LogP contribution is 2.26. The third-order valence-corrected chi connectivity index (χ3v) is 3.91. The first-order valence-electron chi connectivity index (χ1n) is 6.21. The molecule has 96 valence electrons. The Bertz CT molecular complexity index is 479. The minimum atomic E-state index is 0.325. The van der Waals surface area contributed by atoms with Crippen LogP contribution in [0.1, 0.15) is 30.3 Å². The number of rotatable bonds is 5. The van der Waals surface area contributed by atoms with Crippen molar-refractivity contribution < 1.29 is 5.11 Å². The van der Waals surface area contributed by atoms with E-state index in [1.54, 1.807) is 23.5 Å². The lowest BCUT2D eigenvalue weighted by atomic mass is 10.0. The van der Waals surface area contributed by atoms with E-state index in [1.165, 1.54) is 4.88 Å². The van der Waals surface area contributed by atoms with Crippen LogP contribution in [-0.4, -0.2) is 5.11 Å². The standard InChI is InChI=1S/C15H19NOS/c1-11(2)15(14-7-4-8-18-14)16-10-12-5-3-6-13(17)9-12/h3-9,11,15-17H,10H2,1-2H3. The van der Waals surface area contributed by atoms with Crippen LogP contribution in [0.5, 0.6) is 5.75 Å². The van der Waals surface area contributed by atoms with Gasteiger partial charge in [-0.25, -0.2) is 0 Å². The first kappa shape index (κ1) is 13.1. The van der Waals surface area contributed by atoms with Crippen LogP contribution < -0.4 is 5.32 Å². The monoisotopic (exact) mass is 261 g/mol. The van der Waals surface area contributed by atoms with Crippen molar-refractivity contribution in [3.63, 3.8) is 0 Å². The first-order chi connectivity index (χ1) is 8.66. The van der Waals surface area contributed by atoms with Crippen molar-refractivity contribution in [3.05, 3.63) is 52.2 Å². The summed E-state index contributed by atoms with van der Waals surface area (Å²) < 4.78 is 0. The summed E-state index contributed by atoms with van der Waals surface area (Å²) in [6, 6.07) is 12.0. The molecular formula is C15H19NOS. The van der Waals surface area contributed by atoms with E-state index in [4.69, 9.17) is 0 Å². The molecule has 2 aromatic rings. The molecule has 0 saturated carbocycles. The van der Waals surface area contributed by atoms with E-state index in [0.717, 1.165) is 12.1 Å². The molecule has 1 heterocycles. The molecule has 0 radical (unpaired) electrons. The Morgan fingerprint density at radius 1 is 1.22 bits per heavy atom. The van der Waals surface area contributed by atoms with E-state index in [1.807, 2.05) is 12.1 Å². The molecule has 1 aromatic heterocycles. The summed E-state index contributed by atoms with van der Waals surface area (Å²) in [6.45, 7) is 5.22. The Labute approximate surface area is 112 Å². The average Bonchev–Trinajstić information content (AvgIpc) is 2.82. The molecule has 0 saturated heterocycles. The van der Waals surface area contributed by atoms with E-state index < -0.39 is 0 Å². The molecule has 0 fully saturated rings. The molecule has 2 rings (SSSR count). The second-order valence-corrected chi connectivity index (χ2v) is 5.77. The summed E-state index contributed by atoms with van der Waals surface area (Å²) in [7, 11) is 0. The molecule has 0 spiro atoms. The number of thiophene rings is 1. The van der Waals surface area contributed by atoms with Gasteiger partial charge in [0.25, 0.3) is 0 Å². The number of benzene rings is 1. The van der Waals surface area contributed by atoms with E-state index >= 15 is 0 Å². The minimum Gasteiger partial charge on any atom is -0.508 e. The number of hydrogen-bond donors (Lipinski definition) is 2. The zero-order valence-corrected chi connectivity index (χ0v) is 11.6. The normalized spacial score (nSPS) is 12.8. The van der Waals surface area contributed by atoms with Crippen LogP contribution in [0.25, 0.3) is 0 Å². The number of phenols is 1. The molecule has 18 heavy (non-hydrogen) atoms. The van der Waals surface area contributed by atoms with Crippen molar-refractivity contribution in [2.45, 2.75) is 26.4 Å². The average molecular weight is 261 g/mol. The fourth-order valence-corrected chi connectivity index (χ4v) is 3.00. The van der Waals surface area contributed by atoms with E-state index in [-0.39, 0.29) is 0 Å². The molecule has 2 nitrogen and oxygen atoms in total. The molecule has 2 N–H and O–H groups in total. The van der Waals surface area contributed by atoms with Crippen molar-refractivity contribution in [3.8, 4) is 5.75 Å². The maximum Gasteiger partial charge on any atom is 0.115 e. The Morgan fingerprint density at radius 3 is 2.67 bits per heavy atom. The highest BCUT2D eigenvalue weighted by Gasteiger charge is 2.15. The summed E-state index contributed by atoms with van der Waals surface area (Å²) in [5.41, 5.74) is 1.11. The summed E-state index contributed by atoms with van der Waals surface area (Å²) in [5, 5.41) is 15.1. The summed E-state index contributed by atoms with van der Waals surface area (Å²) in [6.07, 6.45) is 0. The van der Waals surface area contributed by atoms with Gasteiger partial charge in [0.05, 0.1) is 0 Å². The molecule has 1 atom stereocenters. The summed E-state index contributed by atoms with van der Waals surface area (Å²) >= 11 is 1.79. The molecule has 0 amide bonds.